The van der Waals surface area contributed by atoms with Crippen LogP contribution in [0, 0.1) is 0 Å². The number of hydrogen-bond donors (Lipinski definition) is 2. The first-order chi connectivity index (χ1) is 16.4. The van der Waals surface area contributed by atoms with Gasteiger partial charge in [-0.05, 0) is 28.8 Å². The third kappa shape index (κ3) is 4.21. The van der Waals surface area contributed by atoms with Crippen molar-refractivity contribution in [3.8, 4) is 22.6 Å². The van der Waals surface area contributed by atoms with Crippen LogP contribution < -0.4 is 15.2 Å². The maximum Gasteiger partial charge on any atom is 0.341 e. The average Bonchev–Trinajstić information content (AvgIpc) is 3.16. The number of pyridine rings is 1. The molecule has 0 aliphatic carbocycles. The summed E-state index contributed by atoms with van der Waals surface area (Å²) in [4.78, 5) is 35.8. The number of nitrogens with zero attached hydrogens (tertiary/aromatic N) is 1. The number of ketones is 1. The van der Waals surface area contributed by atoms with Gasteiger partial charge in [-0.2, -0.15) is 0 Å². The highest BCUT2D eigenvalue weighted by Gasteiger charge is 2.30. The first-order valence-corrected chi connectivity index (χ1v) is 10.4. The predicted molar refractivity (Wildman–Crippen MR) is 125 cm³/mol. The number of carbonyl (C=O) groups excluding carboxylic acids is 2. The summed E-state index contributed by atoms with van der Waals surface area (Å²) in [6, 6.07) is 20.9. The highest BCUT2D eigenvalue weighted by Crippen LogP contribution is 2.38. The molecule has 1 amide bonds. The Bertz CT molecular complexity index is 1390. The molecule has 0 spiro atoms. The monoisotopic (exact) mass is 458 g/mol. The van der Waals surface area contributed by atoms with Crippen LogP contribution in [0.3, 0.4) is 0 Å². The number of hydrogen-bond acceptors (Lipinski definition) is 5. The molecule has 0 aliphatic rings. The number of carboxylic acids is 1. The number of fused-ring (bicyclic) bond motifs is 1. The Morgan fingerprint density at radius 2 is 1.68 bits per heavy atom. The van der Waals surface area contributed by atoms with E-state index < -0.39 is 24.3 Å². The molecule has 172 valence electrons. The number of aliphatic carboxylic acids is 1. The van der Waals surface area contributed by atoms with E-state index in [0.717, 1.165) is 16.7 Å². The minimum absolute atomic E-state index is 0.0665. The number of benzene rings is 2. The first-order valence-electron chi connectivity index (χ1n) is 10.4. The molecular weight excluding hydrogens is 436 g/mol. The van der Waals surface area contributed by atoms with Gasteiger partial charge in [0.2, 0.25) is 0 Å². The van der Waals surface area contributed by atoms with Gasteiger partial charge >= 0.3 is 5.97 Å². The molecule has 4 rings (SSSR count). The lowest BCUT2D eigenvalue weighted by atomic mass is 9.96. The van der Waals surface area contributed by atoms with Crippen LogP contribution >= 0.6 is 0 Å². The number of carboxylic acid groups (broad SMARTS) is 1. The number of aromatic nitrogens is 1. The third-order valence-electron chi connectivity index (χ3n) is 5.44. The Balaban J connectivity index is 1.94. The molecule has 34 heavy (non-hydrogen) atoms. The fourth-order valence-corrected chi connectivity index (χ4v) is 4.05. The summed E-state index contributed by atoms with van der Waals surface area (Å²) in [5.74, 6) is -2.99. The number of Topliss-reactive ketones (excluding diaryl/α,β-unsaturated/α-hetero) is 1. The topological polar surface area (TPSA) is 120 Å². The quantitative estimate of drug-likeness (QED) is 0.293. The first kappa shape index (κ1) is 22.6. The van der Waals surface area contributed by atoms with E-state index in [1.807, 2.05) is 54.6 Å². The zero-order valence-corrected chi connectivity index (χ0v) is 18.4. The number of carbonyl (C=O) groups is 3. The van der Waals surface area contributed by atoms with Gasteiger partial charge in [0.05, 0.1) is 18.4 Å². The molecule has 0 saturated heterocycles. The lowest BCUT2D eigenvalue weighted by Crippen LogP contribution is -2.23. The summed E-state index contributed by atoms with van der Waals surface area (Å²) in [6.45, 7) is -0.621. The van der Waals surface area contributed by atoms with E-state index >= 15 is 0 Å². The molecule has 4 aromatic rings. The molecule has 0 atom stereocenters. The number of amides is 1. The largest absolute Gasteiger partial charge is 0.494 e. The van der Waals surface area contributed by atoms with Crippen molar-refractivity contribution in [2.24, 2.45) is 5.73 Å². The summed E-state index contributed by atoms with van der Waals surface area (Å²) in [5, 5.41) is 9.06. The minimum atomic E-state index is -1.18. The van der Waals surface area contributed by atoms with Crippen molar-refractivity contribution in [3.05, 3.63) is 89.7 Å². The number of nitrogens with two attached hydrogens (primary N) is 1. The summed E-state index contributed by atoms with van der Waals surface area (Å²) in [6.07, 6.45) is 2.05. The molecule has 0 bridgehead atoms. The molecule has 0 fully saturated rings. The maximum atomic E-state index is 12.8. The van der Waals surface area contributed by atoms with Crippen LogP contribution in [0.1, 0.15) is 21.6 Å². The van der Waals surface area contributed by atoms with E-state index in [9.17, 15) is 14.4 Å². The Hall–Kier alpha value is -4.59. The number of ether oxygens (including phenoxy) is 2. The van der Waals surface area contributed by atoms with E-state index in [0.29, 0.717) is 12.1 Å². The molecule has 0 saturated carbocycles. The lowest BCUT2D eigenvalue weighted by Gasteiger charge is -2.12. The molecule has 2 aromatic carbocycles. The fourth-order valence-electron chi connectivity index (χ4n) is 4.05. The van der Waals surface area contributed by atoms with Gasteiger partial charge in [0, 0.05) is 12.6 Å². The lowest BCUT2D eigenvalue weighted by molar-refractivity contribution is -0.139. The van der Waals surface area contributed by atoms with Gasteiger partial charge in [0.15, 0.2) is 12.4 Å². The average molecular weight is 458 g/mol. The van der Waals surface area contributed by atoms with E-state index in [-0.39, 0.29) is 22.6 Å². The molecule has 8 nitrogen and oxygen atoms in total. The number of primary amides is 1. The van der Waals surface area contributed by atoms with E-state index in [1.165, 1.54) is 13.2 Å². The highest BCUT2D eigenvalue weighted by molar-refractivity contribution is 6.44. The molecule has 8 heteroatoms. The van der Waals surface area contributed by atoms with Gasteiger partial charge in [-0.1, -0.05) is 54.6 Å². The second-order valence-corrected chi connectivity index (χ2v) is 7.52. The van der Waals surface area contributed by atoms with Gasteiger partial charge in [-0.3, -0.25) is 9.59 Å². The van der Waals surface area contributed by atoms with Crippen LogP contribution in [0.5, 0.6) is 11.5 Å². The zero-order valence-electron chi connectivity index (χ0n) is 18.4. The smallest absolute Gasteiger partial charge is 0.341 e. The van der Waals surface area contributed by atoms with Gasteiger partial charge < -0.3 is 24.7 Å². The third-order valence-corrected chi connectivity index (χ3v) is 5.44. The van der Waals surface area contributed by atoms with Gasteiger partial charge in [-0.25, -0.2) is 4.79 Å². The van der Waals surface area contributed by atoms with Crippen LogP contribution in [-0.2, 0) is 16.0 Å². The highest BCUT2D eigenvalue weighted by atomic mass is 16.5. The molecule has 2 heterocycles. The zero-order chi connectivity index (χ0) is 24.2. The molecule has 2 aromatic heterocycles. The SMILES string of the molecule is COc1c(C(=O)C(N)=O)c2c(OCC(=O)O)cccn2c1Cc1ccccc1-c1ccccc1. The maximum absolute atomic E-state index is 12.8. The Kier molecular flexibility index (Phi) is 6.31. The summed E-state index contributed by atoms with van der Waals surface area (Å²) < 4.78 is 12.7. The molecule has 3 N–H and O–H groups in total. The fraction of sp³-hybridized carbons (Fsp3) is 0.115. The molecule has 0 aliphatic heterocycles. The van der Waals surface area contributed by atoms with Crippen LogP contribution in [0.2, 0.25) is 0 Å². The Morgan fingerprint density at radius 1 is 0.971 bits per heavy atom. The van der Waals surface area contributed by atoms with Gasteiger partial charge in [0.1, 0.15) is 11.3 Å². The van der Waals surface area contributed by atoms with Crippen molar-refractivity contribution in [2.75, 3.05) is 13.7 Å². The van der Waals surface area contributed by atoms with Crippen molar-refractivity contribution in [2.45, 2.75) is 6.42 Å². The summed E-state index contributed by atoms with van der Waals surface area (Å²) >= 11 is 0. The molecule has 0 unspecified atom stereocenters. The Morgan fingerprint density at radius 3 is 2.35 bits per heavy atom. The summed E-state index contributed by atoms with van der Waals surface area (Å²) in [7, 11) is 1.40. The van der Waals surface area contributed by atoms with E-state index in [1.54, 1.807) is 16.7 Å². The van der Waals surface area contributed by atoms with E-state index in [4.69, 9.17) is 20.3 Å². The van der Waals surface area contributed by atoms with Crippen LogP contribution in [-0.4, -0.2) is 40.9 Å². The molecule has 0 radical (unpaired) electrons. The van der Waals surface area contributed by atoms with Crippen LogP contribution in [0.4, 0.5) is 0 Å². The minimum Gasteiger partial charge on any atom is -0.494 e. The van der Waals surface area contributed by atoms with E-state index in [2.05, 4.69) is 0 Å². The van der Waals surface area contributed by atoms with Crippen molar-refractivity contribution in [1.29, 1.82) is 0 Å². The standard InChI is InChI=1S/C26H22N2O6/c1-33-25-19(14-17-10-5-6-11-18(17)16-8-3-2-4-9-16)28-13-7-12-20(34-15-21(29)30)23(28)22(25)24(31)26(27)32/h2-13H,14-15H2,1H3,(H2,27,32)(H,29,30). The summed E-state index contributed by atoms with van der Waals surface area (Å²) in [5.41, 5.74) is 9.06. The predicted octanol–water partition coefficient (Wildman–Crippen LogP) is 3.34. The van der Waals surface area contributed by atoms with Crippen molar-refractivity contribution in [1.82, 2.24) is 4.40 Å². The van der Waals surface area contributed by atoms with Crippen LogP contribution in [0.25, 0.3) is 16.6 Å². The van der Waals surface area contributed by atoms with Crippen molar-refractivity contribution >= 4 is 23.2 Å². The van der Waals surface area contributed by atoms with Crippen LogP contribution in [0.15, 0.2) is 72.9 Å². The van der Waals surface area contributed by atoms with Crippen molar-refractivity contribution < 1.29 is 29.0 Å². The van der Waals surface area contributed by atoms with Gasteiger partial charge in [0.25, 0.3) is 11.7 Å². The van der Waals surface area contributed by atoms with Gasteiger partial charge in [-0.15, -0.1) is 0 Å². The number of rotatable bonds is 9. The van der Waals surface area contributed by atoms with Crippen molar-refractivity contribution in [3.63, 3.8) is 0 Å². The number of methoxy groups -OCH3 is 1. The normalized spacial score (nSPS) is 10.7. The Labute approximate surface area is 195 Å². The second kappa shape index (κ2) is 9.50. The molecular formula is C26H22N2O6. The second-order valence-electron chi connectivity index (χ2n) is 7.52.